The summed E-state index contributed by atoms with van der Waals surface area (Å²) in [5.74, 6) is 0.924. The van der Waals surface area contributed by atoms with Crippen LogP contribution in [0.25, 0.3) is 0 Å². The number of hydrogen-bond acceptors (Lipinski definition) is 5. The molecule has 0 heterocycles. The van der Waals surface area contributed by atoms with Gasteiger partial charge >= 0.3 is 5.97 Å². The second-order valence-electron chi connectivity index (χ2n) is 4.80. The molecule has 106 valence electrons. The number of ether oxygens (including phenoxy) is 1. The summed E-state index contributed by atoms with van der Waals surface area (Å²) in [6.45, 7) is 7.13. The standard InChI is InChI=1S/C13H25NO3S/c1-4-14-13(11-6-7-11,12(16)17-5-2)9-18-10(3)8-15/h10-11,14-15H,4-9H2,1-3H3. The van der Waals surface area contributed by atoms with Gasteiger partial charge in [-0.05, 0) is 32.2 Å². The monoisotopic (exact) mass is 275 g/mol. The fraction of sp³-hybridized carbons (Fsp3) is 0.923. The van der Waals surface area contributed by atoms with E-state index >= 15 is 0 Å². The number of aliphatic hydroxyl groups is 1. The van der Waals surface area contributed by atoms with Gasteiger partial charge in [0.25, 0.3) is 0 Å². The van der Waals surface area contributed by atoms with Gasteiger partial charge in [-0.1, -0.05) is 13.8 Å². The van der Waals surface area contributed by atoms with Crippen molar-refractivity contribution in [2.45, 2.75) is 44.4 Å². The van der Waals surface area contributed by atoms with Gasteiger partial charge in [0.15, 0.2) is 0 Å². The maximum Gasteiger partial charge on any atom is 0.327 e. The maximum absolute atomic E-state index is 12.3. The third kappa shape index (κ3) is 3.87. The van der Waals surface area contributed by atoms with E-state index in [9.17, 15) is 4.79 Å². The molecule has 0 aromatic carbocycles. The summed E-state index contributed by atoms with van der Waals surface area (Å²) in [6.07, 6.45) is 2.17. The van der Waals surface area contributed by atoms with Gasteiger partial charge in [0.05, 0.1) is 13.2 Å². The first-order valence-electron chi connectivity index (χ1n) is 6.75. The molecular weight excluding hydrogens is 250 g/mol. The number of aliphatic hydroxyl groups excluding tert-OH is 1. The second kappa shape index (κ2) is 7.36. The molecule has 5 heteroatoms. The Bertz CT molecular complexity index is 271. The molecule has 1 aliphatic rings. The first-order chi connectivity index (χ1) is 8.60. The van der Waals surface area contributed by atoms with Crippen molar-refractivity contribution >= 4 is 17.7 Å². The van der Waals surface area contributed by atoms with E-state index in [0.717, 1.165) is 19.4 Å². The topological polar surface area (TPSA) is 58.6 Å². The average Bonchev–Trinajstić information content (AvgIpc) is 3.18. The van der Waals surface area contributed by atoms with Crippen LogP contribution in [0.1, 0.15) is 33.6 Å². The van der Waals surface area contributed by atoms with Gasteiger partial charge in [-0.15, -0.1) is 0 Å². The summed E-state index contributed by atoms with van der Waals surface area (Å²) in [6, 6.07) is 0. The van der Waals surface area contributed by atoms with E-state index < -0.39 is 5.54 Å². The van der Waals surface area contributed by atoms with Crippen LogP contribution in [0.5, 0.6) is 0 Å². The quantitative estimate of drug-likeness (QED) is 0.623. The van der Waals surface area contributed by atoms with Gasteiger partial charge < -0.3 is 15.2 Å². The Balaban J connectivity index is 2.73. The predicted octanol–water partition coefficient (Wildman–Crippen LogP) is 1.42. The molecule has 0 amide bonds. The lowest BCUT2D eigenvalue weighted by molar-refractivity contribution is -0.151. The molecule has 0 spiro atoms. The van der Waals surface area contributed by atoms with Crippen LogP contribution in [-0.2, 0) is 9.53 Å². The van der Waals surface area contributed by atoms with Gasteiger partial charge in [0, 0.05) is 11.0 Å². The SMILES string of the molecule is CCNC(CSC(C)CO)(C(=O)OCC)C1CC1. The van der Waals surface area contributed by atoms with E-state index in [0.29, 0.717) is 18.3 Å². The molecular formula is C13H25NO3S. The van der Waals surface area contributed by atoms with Crippen LogP contribution in [0.3, 0.4) is 0 Å². The molecule has 0 bridgehead atoms. The second-order valence-corrected chi connectivity index (χ2v) is 6.23. The Morgan fingerprint density at radius 1 is 1.56 bits per heavy atom. The Hall–Kier alpha value is -0.260. The first-order valence-corrected chi connectivity index (χ1v) is 7.80. The zero-order valence-electron chi connectivity index (χ0n) is 11.6. The maximum atomic E-state index is 12.3. The Morgan fingerprint density at radius 3 is 2.67 bits per heavy atom. The molecule has 0 saturated heterocycles. The highest BCUT2D eigenvalue weighted by molar-refractivity contribution is 8.00. The minimum atomic E-state index is -0.557. The molecule has 2 atom stereocenters. The van der Waals surface area contributed by atoms with Crippen molar-refractivity contribution in [2.24, 2.45) is 5.92 Å². The summed E-state index contributed by atoms with van der Waals surface area (Å²) in [5, 5.41) is 12.6. The zero-order valence-corrected chi connectivity index (χ0v) is 12.4. The molecule has 1 saturated carbocycles. The van der Waals surface area contributed by atoms with Crippen molar-refractivity contribution in [3.8, 4) is 0 Å². The third-order valence-electron chi connectivity index (χ3n) is 3.26. The van der Waals surface area contributed by atoms with Crippen molar-refractivity contribution in [2.75, 3.05) is 25.5 Å². The highest BCUT2D eigenvalue weighted by atomic mass is 32.2. The molecule has 0 radical (unpaired) electrons. The van der Waals surface area contributed by atoms with Crippen LogP contribution in [0.2, 0.25) is 0 Å². The molecule has 1 fully saturated rings. The number of rotatable bonds is 9. The summed E-state index contributed by atoms with van der Waals surface area (Å²) in [5.41, 5.74) is -0.557. The molecule has 18 heavy (non-hydrogen) atoms. The minimum Gasteiger partial charge on any atom is -0.465 e. The largest absolute Gasteiger partial charge is 0.465 e. The zero-order chi connectivity index (χ0) is 13.6. The molecule has 2 unspecified atom stereocenters. The summed E-state index contributed by atoms with van der Waals surface area (Å²) in [4.78, 5) is 12.3. The van der Waals surface area contributed by atoms with E-state index in [1.807, 2.05) is 20.8 Å². The van der Waals surface area contributed by atoms with Gasteiger partial charge in [-0.2, -0.15) is 11.8 Å². The lowest BCUT2D eigenvalue weighted by Gasteiger charge is -2.33. The van der Waals surface area contributed by atoms with E-state index in [2.05, 4.69) is 5.32 Å². The van der Waals surface area contributed by atoms with Crippen molar-refractivity contribution < 1.29 is 14.6 Å². The van der Waals surface area contributed by atoms with Crippen LogP contribution >= 0.6 is 11.8 Å². The van der Waals surface area contributed by atoms with E-state index in [-0.39, 0.29) is 17.8 Å². The number of esters is 1. The van der Waals surface area contributed by atoms with E-state index in [1.165, 1.54) is 0 Å². The van der Waals surface area contributed by atoms with Crippen LogP contribution in [0.15, 0.2) is 0 Å². The van der Waals surface area contributed by atoms with Gasteiger partial charge in [0.1, 0.15) is 5.54 Å². The van der Waals surface area contributed by atoms with Crippen molar-refractivity contribution in [3.63, 3.8) is 0 Å². The number of nitrogens with one attached hydrogen (secondary N) is 1. The average molecular weight is 275 g/mol. The third-order valence-corrected chi connectivity index (χ3v) is 4.60. The molecule has 0 aromatic rings. The molecule has 2 N–H and O–H groups in total. The number of likely N-dealkylation sites (N-methyl/N-ethyl adjacent to an activating group) is 1. The molecule has 1 rings (SSSR count). The van der Waals surface area contributed by atoms with Gasteiger partial charge in [0.2, 0.25) is 0 Å². The normalized spacial score (nSPS) is 20.2. The Labute approximate surface area is 114 Å². The molecule has 4 nitrogen and oxygen atoms in total. The number of thioether (sulfide) groups is 1. The van der Waals surface area contributed by atoms with Crippen LogP contribution < -0.4 is 5.32 Å². The smallest absolute Gasteiger partial charge is 0.327 e. The fourth-order valence-corrected chi connectivity index (χ4v) is 3.20. The van der Waals surface area contributed by atoms with Gasteiger partial charge in [-0.3, -0.25) is 4.79 Å². The number of hydrogen-bond donors (Lipinski definition) is 2. The lowest BCUT2D eigenvalue weighted by Crippen LogP contribution is -2.57. The predicted molar refractivity (Wildman–Crippen MR) is 74.8 cm³/mol. The Morgan fingerprint density at radius 2 is 2.22 bits per heavy atom. The van der Waals surface area contributed by atoms with Crippen molar-refractivity contribution in [1.29, 1.82) is 0 Å². The van der Waals surface area contributed by atoms with E-state index in [1.54, 1.807) is 11.8 Å². The Kier molecular flexibility index (Phi) is 6.46. The highest BCUT2D eigenvalue weighted by Crippen LogP contribution is 2.42. The van der Waals surface area contributed by atoms with Crippen LogP contribution in [0.4, 0.5) is 0 Å². The van der Waals surface area contributed by atoms with Crippen molar-refractivity contribution in [1.82, 2.24) is 5.32 Å². The molecule has 0 aromatic heterocycles. The minimum absolute atomic E-state index is 0.132. The first kappa shape index (κ1) is 15.8. The lowest BCUT2D eigenvalue weighted by atomic mass is 9.95. The molecule has 1 aliphatic carbocycles. The van der Waals surface area contributed by atoms with Crippen molar-refractivity contribution in [3.05, 3.63) is 0 Å². The summed E-state index contributed by atoms with van der Waals surface area (Å²) in [7, 11) is 0. The van der Waals surface area contributed by atoms with Crippen LogP contribution in [0, 0.1) is 5.92 Å². The highest BCUT2D eigenvalue weighted by Gasteiger charge is 2.51. The number of carbonyl (C=O) groups excluding carboxylic acids is 1. The summed E-state index contributed by atoms with van der Waals surface area (Å²) < 4.78 is 5.25. The van der Waals surface area contributed by atoms with E-state index in [4.69, 9.17) is 9.84 Å². The fourth-order valence-electron chi connectivity index (χ4n) is 2.09. The van der Waals surface area contributed by atoms with Crippen LogP contribution in [-0.4, -0.2) is 47.4 Å². The van der Waals surface area contributed by atoms with Gasteiger partial charge in [-0.25, -0.2) is 0 Å². The molecule has 0 aliphatic heterocycles. The summed E-state index contributed by atoms with van der Waals surface area (Å²) >= 11 is 1.63. The number of carbonyl (C=O) groups is 1.